The van der Waals surface area contributed by atoms with Gasteiger partial charge in [0.15, 0.2) is 46.5 Å². The molecule has 0 atom stereocenters. The van der Waals surface area contributed by atoms with Gasteiger partial charge in [0.05, 0.1) is 94.2 Å². The number of carbonyl (C=O) groups excluding carboxylic acids is 4. The van der Waals surface area contributed by atoms with Crippen molar-refractivity contribution in [1.82, 2.24) is 39.9 Å². The number of carbonyl (C=O) groups is 4. The Morgan fingerprint density at radius 3 is 0.549 bits per heavy atom. The summed E-state index contributed by atoms with van der Waals surface area (Å²) in [7, 11) is 0. The van der Waals surface area contributed by atoms with E-state index >= 15 is 35.1 Å². The molecule has 33 heteroatoms. The third-order valence-electron chi connectivity index (χ3n) is 21.2. The van der Waals surface area contributed by atoms with E-state index in [-0.39, 0.29) is 114 Å². The second-order valence-electron chi connectivity index (χ2n) is 29.4. The van der Waals surface area contributed by atoms with Crippen molar-refractivity contribution in [1.29, 1.82) is 0 Å². The first-order valence-electron chi connectivity index (χ1n) is 41.8. The zero-order valence-electron chi connectivity index (χ0n) is 72.0. The topological polar surface area (TPSA) is 285 Å². The minimum absolute atomic E-state index is 0. The van der Waals surface area contributed by atoms with Crippen molar-refractivity contribution >= 4 is 68.0 Å². The molecule has 17 rings (SSSR count). The van der Waals surface area contributed by atoms with Crippen molar-refractivity contribution in [3.8, 4) is 138 Å². The number of nitrogens with zero attached hydrogens (tertiary/aromatic N) is 8. The molecule has 0 amide bonds. The van der Waals surface area contributed by atoms with Crippen LogP contribution in [0.3, 0.4) is 0 Å². The van der Waals surface area contributed by atoms with E-state index in [0.29, 0.717) is 25.7 Å². The molecule has 0 saturated carbocycles. The number of aryl methyl sites for hydroxylation is 4. The summed E-state index contributed by atoms with van der Waals surface area (Å²) < 4.78 is 227. The number of benzene rings is 12. The molecule has 8 bridgehead atoms. The van der Waals surface area contributed by atoms with E-state index in [1.54, 1.807) is 76.2 Å². The Labute approximate surface area is 764 Å². The Hall–Kier alpha value is -15.7. The molecule has 5 heterocycles. The number of hydrogen-bond acceptors (Lipinski definition) is 22. The summed E-state index contributed by atoms with van der Waals surface area (Å²) in [5.74, 6) is -30.1. The van der Waals surface area contributed by atoms with Crippen LogP contribution >= 0.6 is 0 Å². The average Bonchev–Trinajstić information content (AvgIpc) is 1.56. The first-order valence-corrected chi connectivity index (χ1v) is 41.8. The van der Waals surface area contributed by atoms with Crippen LogP contribution in [0.5, 0.6) is 92.0 Å². The first kappa shape index (κ1) is 90.7. The van der Waals surface area contributed by atoms with Gasteiger partial charge >= 0.3 is 43.4 Å². The minimum Gasteiger partial charge on any atom is -0.462 e. The molecule has 0 spiro atoms. The normalized spacial score (nSPS) is 11.3. The zero-order chi connectivity index (χ0) is 92.4. The molecule has 15 aromatic rings. The molecule has 12 aromatic carbocycles. The van der Waals surface area contributed by atoms with Crippen LogP contribution in [0.25, 0.3) is 89.7 Å². The van der Waals surface area contributed by atoms with Crippen LogP contribution in [0.1, 0.15) is 119 Å². The molecule has 3 aromatic heterocycles. The Morgan fingerprint density at radius 2 is 0.391 bits per heavy atom. The fourth-order valence-electron chi connectivity index (χ4n) is 14.5. The molecular weight excluding hydrogens is 1790 g/mol. The molecule has 24 nitrogen and oxygen atoms in total. The van der Waals surface area contributed by atoms with E-state index < -0.39 is 206 Å². The smallest absolute Gasteiger partial charge is 0.462 e. The third-order valence-corrected chi connectivity index (χ3v) is 21.2. The van der Waals surface area contributed by atoms with Gasteiger partial charge in [-0.2, -0.15) is 0 Å². The van der Waals surface area contributed by atoms with Crippen molar-refractivity contribution in [3.05, 3.63) is 285 Å². The molecule has 666 valence electrons. The summed E-state index contributed by atoms with van der Waals surface area (Å²) in [6, 6.07) is 44.4. The van der Waals surface area contributed by atoms with Gasteiger partial charge in [0.2, 0.25) is 46.0 Å². The fraction of sp³-hybridized carbons (Fsp3) is 0.160. The number of fused-ring (bicyclic) bond motifs is 20. The predicted molar refractivity (Wildman–Crippen MR) is 467 cm³/mol. The van der Waals surface area contributed by atoms with Gasteiger partial charge in [0.25, 0.3) is 0 Å². The molecule has 133 heavy (non-hydrogen) atoms. The van der Waals surface area contributed by atoms with Gasteiger partial charge in [-0.3, -0.25) is 0 Å². The molecule has 0 unspecified atom stereocenters. The molecule has 2 aliphatic heterocycles. The van der Waals surface area contributed by atoms with E-state index in [1.165, 1.54) is 146 Å². The van der Waals surface area contributed by atoms with Crippen molar-refractivity contribution < 1.29 is 131 Å². The van der Waals surface area contributed by atoms with Crippen LogP contribution in [-0.4, -0.2) is 80.2 Å². The van der Waals surface area contributed by atoms with Crippen LogP contribution in [0, 0.1) is 46.5 Å². The van der Waals surface area contributed by atoms with E-state index in [1.807, 2.05) is 27.7 Å². The van der Waals surface area contributed by atoms with E-state index in [0.717, 1.165) is 22.3 Å². The zero-order valence-corrected chi connectivity index (χ0v) is 74.9. The standard InChI is InChI=1S/C100H72F8N8O16.Zn/c1-9-49-17-33-57(34-18-49)125-81-73(101)65-67(75(103)83(81)127-59-37-21-51(11-3)22-38-59)91-110-89(65)109-90-66-68(76(104)84(128-60-39-23-52(12-4)24-40-60)82(74(66)102)126-58-35-19-50(10-2)20-36-58)92(111-90)113-94-70-72(80(108)88(132-64-47-31-56(32-48-64)100(120)124-16-8)86(78(70)106)130-62-43-27-54(28-44-62)98(118)122-14-6)96(115-94)116-95-71-69(93(112-91)114-95)77(105)85(129-61-41-25-53(26-42-61)97(117)121-13-5)87(79(71)107)131-63-45-29-55(30-46-63)99(119)123-15-7;/h17-48H,9-16H2,1-8H3;/q-2;+2. The van der Waals surface area contributed by atoms with Crippen LogP contribution in [0.4, 0.5) is 35.1 Å². The predicted octanol–water partition coefficient (Wildman–Crippen LogP) is 24.5. The molecule has 2 aliphatic rings. The summed E-state index contributed by atoms with van der Waals surface area (Å²) >= 11 is 0. The number of esters is 4. The summed E-state index contributed by atoms with van der Waals surface area (Å²) in [5, 5.41) is -4.15. The van der Waals surface area contributed by atoms with Crippen LogP contribution < -0.4 is 47.9 Å². The van der Waals surface area contributed by atoms with E-state index in [4.69, 9.17) is 61.8 Å². The van der Waals surface area contributed by atoms with Gasteiger partial charge in [-0.15, -0.1) is 0 Å². The van der Waals surface area contributed by atoms with Gasteiger partial charge in [-0.05, 0) is 221 Å². The maximum absolute atomic E-state index is 19.5. The molecule has 0 radical (unpaired) electrons. The second kappa shape index (κ2) is 38.6. The average molecular weight is 1860 g/mol. The molecule has 0 aliphatic carbocycles. The van der Waals surface area contributed by atoms with E-state index in [9.17, 15) is 19.2 Å². The number of hydrogen-bond donors (Lipinski definition) is 0. The molecule has 0 fully saturated rings. The van der Waals surface area contributed by atoms with Crippen LogP contribution in [-0.2, 0) is 64.1 Å². The van der Waals surface area contributed by atoms with Crippen molar-refractivity contribution in [2.75, 3.05) is 26.4 Å². The Kier molecular flexibility index (Phi) is 26.3. The van der Waals surface area contributed by atoms with Gasteiger partial charge in [0.1, 0.15) is 46.0 Å². The maximum atomic E-state index is 19.5. The first-order chi connectivity index (χ1) is 64.0. The van der Waals surface area contributed by atoms with Crippen molar-refractivity contribution in [2.24, 2.45) is 0 Å². The maximum Gasteiger partial charge on any atom is 2.00 e. The van der Waals surface area contributed by atoms with Crippen LogP contribution in [0.15, 0.2) is 194 Å². The third kappa shape index (κ3) is 17.8. The summed E-state index contributed by atoms with van der Waals surface area (Å²) in [4.78, 5) is 89.4. The monoisotopic (exact) mass is 1860 g/mol. The Balaban J connectivity index is 0.0000129. The molecular formula is C100H72F8N8O16Zn. The van der Waals surface area contributed by atoms with Crippen molar-refractivity contribution in [2.45, 2.75) is 81.1 Å². The summed E-state index contributed by atoms with van der Waals surface area (Å²) in [6.07, 6.45) is 2.16. The van der Waals surface area contributed by atoms with Crippen molar-refractivity contribution in [3.63, 3.8) is 0 Å². The summed E-state index contributed by atoms with van der Waals surface area (Å²) in [5.41, 5.74) is -5.18. The Morgan fingerprint density at radius 1 is 0.233 bits per heavy atom. The Bertz CT molecular complexity index is 7010. The van der Waals surface area contributed by atoms with Gasteiger partial charge in [-0.25, -0.2) is 64.3 Å². The number of ether oxygens (including phenoxy) is 12. The minimum atomic E-state index is -1.67. The van der Waals surface area contributed by atoms with E-state index in [2.05, 4.69) is 34.9 Å². The number of rotatable bonds is 28. The SMILES string of the molecule is CCOC(=O)c1ccc(Oc2c(F)c3c(c(F)c2Oc2ccc(C(=O)OCC)cc2)-c2nc-3nc3[n-]c(nc4nc(nc5[n-]c(n2)c2c(F)c(Oc6ccc(C(=O)OCC)cc6)c(Oc6ccc(C(=O)OCC)cc6)c(F)c52)-c2c(F)c(Oc5ccc(CC)cc5)c(Oc5ccc(CC)cc5)c(F)c2-4)c2c(F)c(Oc4ccc(CC)cc4)c(Oc4ccc(CC)cc4)c(F)c32)cc1.[Zn+2]. The molecule has 0 N–H and O–H groups in total. The largest absolute Gasteiger partial charge is 2.00 e. The van der Waals surface area contributed by atoms with Gasteiger partial charge in [-0.1, -0.05) is 76.2 Å². The number of aromatic nitrogens is 8. The van der Waals surface area contributed by atoms with Gasteiger partial charge < -0.3 is 86.7 Å². The number of halogens is 8. The van der Waals surface area contributed by atoms with Gasteiger partial charge in [0, 0.05) is 44.1 Å². The fourth-order valence-corrected chi connectivity index (χ4v) is 14.5. The van der Waals surface area contributed by atoms with Crippen LogP contribution in [0.2, 0.25) is 0 Å². The molecule has 0 saturated heterocycles. The summed E-state index contributed by atoms with van der Waals surface area (Å²) in [6.45, 7) is 13.7. The second-order valence-corrected chi connectivity index (χ2v) is 29.4. The quantitative estimate of drug-likeness (QED) is 0.0190.